The third-order valence-corrected chi connectivity index (χ3v) is 3.27. The molecule has 2 aromatic rings. The molecule has 1 aromatic carbocycles. The number of nitrogens with one attached hydrogen (secondary N) is 1. The molecule has 1 heterocycles. The molecular weight excluding hydrogens is 262 g/mol. The van der Waals surface area contributed by atoms with E-state index in [4.69, 9.17) is 15.7 Å². The van der Waals surface area contributed by atoms with Crippen LogP contribution in [0.2, 0.25) is 0 Å². The maximum absolute atomic E-state index is 12.1. The van der Waals surface area contributed by atoms with Crippen molar-refractivity contribution in [2.24, 2.45) is 0 Å². The van der Waals surface area contributed by atoms with Crippen LogP contribution >= 0.6 is 11.3 Å². The van der Waals surface area contributed by atoms with E-state index in [1.807, 2.05) is 6.07 Å². The van der Waals surface area contributed by atoms with Gasteiger partial charge < -0.3 is 15.8 Å². The average Bonchev–Trinajstić information content (AvgIpc) is 2.85. The molecule has 5 nitrogen and oxygen atoms in total. The maximum Gasteiger partial charge on any atom is 0.256 e. The van der Waals surface area contributed by atoms with Gasteiger partial charge in [0, 0.05) is 17.3 Å². The van der Waals surface area contributed by atoms with Crippen LogP contribution in [0.4, 0.5) is 10.7 Å². The molecule has 19 heavy (non-hydrogen) atoms. The Morgan fingerprint density at radius 3 is 2.95 bits per heavy atom. The number of nitrogens with zero attached hydrogens (tertiary/aromatic N) is 1. The minimum Gasteiger partial charge on any atom is -0.497 e. The number of amides is 1. The number of nitrogen functional groups attached to an aromatic ring is 1. The number of benzene rings is 1. The fourth-order valence-corrected chi connectivity index (χ4v) is 2.27. The van der Waals surface area contributed by atoms with Crippen LogP contribution in [0.3, 0.4) is 0 Å². The van der Waals surface area contributed by atoms with E-state index in [-0.39, 0.29) is 5.91 Å². The Kier molecular flexibility index (Phi) is 3.68. The van der Waals surface area contributed by atoms with Gasteiger partial charge in [0.1, 0.15) is 16.8 Å². The Balaban J connectivity index is 2.26. The van der Waals surface area contributed by atoms with E-state index in [1.165, 1.54) is 18.4 Å². The van der Waals surface area contributed by atoms with Crippen molar-refractivity contribution in [2.45, 2.75) is 0 Å². The fourth-order valence-electron chi connectivity index (χ4n) is 1.54. The zero-order valence-corrected chi connectivity index (χ0v) is 11.0. The second kappa shape index (κ2) is 5.42. The van der Waals surface area contributed by atoms with E-state index in [0.29, 0.717) is 27.6 Å². The van der Waals surface area contributed by atoms with Crippen molar-refractivity contribution in [2.75, 3.05) is 18.2 Å². The van der Waals surface area contributed by atoms with Crippen LogP contribution in [0, 0.1) is 11.3 Å². The predicted molar refractivity (Wildman–Crippen MR) is 74.4 cm³/mol. The molecule has 0 saturated carbocycles. The molecule has 2 rings (SSSR count). The maximum atomic E-state index is 12.1. The quantitative estimate of drug-likeness (QED) is 0.841. The second-order valence-corrected chi connectivity index (χ2v) is 4.64. The smallest absolute Gasteiger partial charge is 0.256 e. The van der Waals surface area contributed by atoms with Crippen molar-refractivity contribution in [3.8, 4) is 11.8 Å². The van der Waals surface area contributed by atoms with Crippen LogP contribution in [0.25, 0.3) is 0 Å². The summed E-state index contributed by atoms with van der Waals surface area (Å²) in [6.45, 7) is 0. The van der Waals surface area contributed by atoms with Crippen molar-refractivity contribution in [3.05, 3.63) is 40.8 Å². The van der Waals surface area contributed by atoms with E-state index in [0.717, 1.165) is 0 Å². The van der Waals surface area contributed by atoms with Gasteiger partial charge in [-0.15, -0.1) is 11.3 Å². The topological polar surface area (TPSA) is 88.1 Å². The van der Waals surface area contributed by atoms with Crippen LogP contribution in [-0.4, -0.2) is 13.0 Å². The molecular formula is C13H11N3O2S. The number of rotatable bonds is 3. The molecule has 0 aliphatic carbocycles. The van der Waals surface area contributed by atoms with Gasteiger partial charge in [0.25, 0.3) is 5.91 Å². The lowest BCUT2D eigenvalue weighted by Crippen LogP contribution is -2.12. The number of carbonyl (C=O) groups excluding carboxylic acids is 1. The van der Waals surface area contributed by atoms with Gasteiger partial charge in [0.15, 0.2) is 0 Å². The molecule has 0 fully saturated rings. The van der Waals surface area contributed by atoms with Gasteiger partial charge in [-0.1, -0.05) is 0 Å². The van der Waals surface area contributed by atoms with E-state index < -0.39 is 0 Å². The van der Waals surface area contributed by atoms with Crippen LogP contribution in [0.1, 0.15) is 15.9 Å². The Morgan fingerprint density at radius 1 is 1.47 bits per heavy atom. The number of ether oxygens (including phenoxy) is 1. The molecule has 1 aromatic heterocycles. The van der Waals surface area contributed by atoms with E-state index in [2.05, 4.69) is 5.32 Å². The third-order valence-electron chi connectivity index (χ3n) is 2.44. The summed E-state index contributed by atoms with van der Waals surface area (Å²) in [7, 11) is 1.50. The summed E-state index contributed by atoms with van der Waals surface area (Å²) in [5, 5.41) is 13.8. The summed E-state index contributed by atoms with van der Waals surface area (Å²) in [6, 6.07) is 8.43. The van der Waals surface area contributed by atoms with Crippen molar-refractivity contribution >= 4 is 27.9 Å². The number of hydrogen-bond acceptors (Lipinski definition) is 5. The summed E-state index contributed by atoms with van der Waals surface area (Å²) in [4.78, 5) is 12.1. The van der Waals surface area contributed by atoms with Crippen molar-refractivity contribution < 1.29 is 9.53 Å². The number of hydrogen-bond donors (Lipinski definition) is 2. The first-order chi connectivity index (χ1) is 9.13. The highest BCUT2D eigenvalue weighted by molar-refractivity contribution is 7.14. The van der Waals surface area contributed by atoms with Crippen molar-refractivity contribution in [1.82, 2.24) is 0 Å². The van der Waals surface area contributed by atoms with Gasteiger partial charge in [-0.3, -0.25) is 4.79 Å². The number of anilines is 2. The van der Waals surface area contributed by atoms with Crippen LogP contribution in [0.5, 0.6) is 5.75 Å². The van der Waals surface area contributed by atoms with E-state index in [9.17, 15) is 4.79 Å². The van der Waals surface area contributed by atoms with E-state index >= 15 is 0 Å². The van der Waals surface area contributed by atoms with Crippen molar-refractivity contribution in [3.63, 3.8) is 0 Å². The van der Waals surface area contributed by atoms with Crippen molar-refractivity contribution in [1.29, 1.82) is 5.26 Å². The van der Waals surface area contributed by atoms with Gasteiger partial charge in [-0.25, -0.2) is 0 Å². The lowest BCUT2D eigenvalue weighted by atomic mass is 10.1. The fraction of sp³-hybridized carbons (Fsp3) is 0.0769. The lowest BCUT2D eigenvalue weighted by Gasteiger charge is -2.07. The molecule has 0 atom stereocenters. The monoisotopic (exact) mass is 273 g/mol. The lowest BCUT2D eigenvalue weighted by molar-refractivity contribution is 0.102. The molecule has 0 spiro atoms. The largest absolute Gasteiger partial charge is 0.497 e. The summed E-state index contributed by atoms with van der Waals surface area (Å²) < 4.78 is 5.06. The second-order valence-electron chi connectivity index (χ2n) is 3.72. The first-order valence-corrected chi connectivity index (χ1v) is 6.25. The van der Waals surface area contributed by atoms with Crippen LogP contribution < -0.4 is 15.8 Å². The number of methoxy groups -OCH3 is 1. The zero-order chi connectivity index (χ0) is 13.8. The molecule has 0 unspecified atom stereocenters. The number of nitrogens with two attached hydrogens (primary N) is 1. The summed E-state index contributed by atoms with van der Waals surface area (Å²) in [5.41, 5.74) is 6.96. The molecule has 0 saturated heterocycles. The predicted octanol–water partition coefficient (Wildman–Crippen LogP) is 2.46. The standard InChI is InChI=1S/C13H11N3O2S/c1-18-11-5-9(4-10(15)6-11)12(17)16-13-8(7-14)2-3-19-13/h2-6H,15H2,1H3,(H,16,17). The average molecular weight is 273 g/mol. The highest BCUT2D eigenvalue weighted by atomic mass is 32.1. The third kappa shape index (κ3) is 2.84. The first kappa shape index (κ1) is 12.9. The molecule has 6 heteroatoms. The molecule has 0 radical (unpaired) electrons. The van der Waals surface area contributed by atoms with Gasteiger partial charge in [0.2, 0.25) is 0 Å². The molecule has 1 amide bonds. The number of thiophene rings is 1. The van der Waals surface area contributed by atoms with Gasteiger partial charge in [0.05, 0.1) is 12.7 Å². The summed E-state index contributed by atoms with van der Waals surface area (Å²) in [6.07, 6.45) is 0. The first-order valence-electron chi connectivity index (χ1n) is 5.37. The molecule has 3 N–H and O–H groups in total. The number of nitriles is 1. The molecule has 96 valence electrons. The highest BCUT2D eigenvalue weighted by Crippen LogP contribution is 2.24. The minimum atomic E-state index is -0.329. The Bertz CT molecular complexity index is 658. The summed E-state index contributed by atoms with van der Waals surface area (Å²) >= 11 is 1.29. The zero-order valence-electron chi connectivity index (χ0n) is 10.1. The highest BCUT2D eigenvalue weighted by Gasteiger charge is 2.12. The minimum absolute atomic E-state index is 0.329. The molecule has 0 bridgehead atoms. The van der Waals surface area contributed by atoms with Gasteiger partial charge in [-0.05, 0) is 23.6 Å². The van der Waals surface area contributed by atoms with Gasteiger partial charge in [-0.2, -0.15) is 5.26 Å². The Morgan fingerprint density at radius 2 is 2.26 bits per heavy atom. The van der Waals surface area contributed by atoms with Gasteiger partial charge >= 0.3 is 0 Å². The van der Waals surface area contributed by atoms with Crippen LogP contribution in [-0.2, 0) is 0 Å². The van der Waals surface area contributed by atoms with Crippen LogP contribution in [0.15, 0.2) is 29.6 Å². The number of carbonyl (C=O) groups is 1. The normalized spacial score (nSPS) is 9.68. The summed E-state index contributed by atoms with van der Waals surface area (Å²) in [5.74, 6) is 0.182. The molecule has 0 aliphatic rings. The SMILES string of the molecule is COc1cc(N)cc(C(=O)Nc2sccc2C#N)c1. The molecule has 0 aliphatic heterocycles. The Hall–Kier alpha value is -2.52. The van der Waals surface area contributed by atoms with E-state index in [1.54, 1.807) is 29.6 Å². The Labute approximate surface area is 114 Å².